The van der Waals surface area contributed by atoms with E-state index < -0.39 is 10.0 Å². The van der Waals surface area contributed by atoms with Crippen molar-refractivity contribution in [2.75, 3.05) is 6.54 Å². The molecule has 0 spiro atoms. The van der Waals surface area contributed by atoms with Gasteiger partial charge in [0.25, 0.3) is 0 Å². The Balaban J connectivity index is 1.82. The van der Waals surface area contributed by atoms with Crippen LogP contribution in [0.25, 0.3) is 0 Å². The Kier molecular flexibility index (Phi) is 8.10. The third kappa shape index (κ3) is 7.08. The van der Waals surface area contributed by atoms with Crippen LogP contribution in [0.4, 0.5) is 0 Å². The first-order valence-corrected chi connectivity index (χ1v) is 11.2. The van der Waals surface area contributed by atoms with E-state index in [0.29, 0.717) is 25.4 Å². The lowest BCUT2D eigenvalue weighted by atomic mass is 10.1. The second kappa shape index (κ2) is 10.1. The van der Waals surface area contributed by atoms with Gasteiger partial charge in [0, 0.05) is 19.0 Å². The lowest BCUT2D eigenvalue weighted by Gasteiger charge is -2.16. The van der Waals surface area contributed by atoms with Crippen LogP contribution in [0.3, 0.4) is 0 Å². The molecule has 0 aromatic heterocycles. The summed E-state index contributed by atoms with van der Waals surface area (Å²) in [6, 6.07) is 7.14. The van der Waals surface area contributed by atoms with Crippen molar-refractivity contribution in [3.63, 3.8) is 0 Å². The lowest BCUT2D eigenvalue weighted by molar-refractivity contribution is -0.121. The molecular formula is C20H32N2O3S. The molecule has 1 aromatic carbocycles. The number of carbonyl (C=O) groups is 1. The zero-order valence-electron chi connectivity index (χ0n) is 16.0. The van der Waals surface area contributed by atoms with Crippen LogP contribution in [0.2, 0.25) is 0 Å². The predicted octanol–water partition coefficient (Wildman–Crippen LogP) is 3.39. The van der Waals surface area contributed by atoms with Gasteiger partial charge in [-0.05, 0) is 42.9 Å². The third-order valence-electron chi connectivity index (χ3n) is 4.78. The molecule has 0 atom stereocenters. The number of rotatable bonds is 8. The smallest absolute Gasteiger partial charge is 0.240 e. The van der Waals surface area contributed by atoms with Crippen molar-refractivity contribution in [2.45, 2.75) is 76.2 Å². The molecule has 0 saturated heterocycles. The molecule has 1 saturated carbocycles. The number of hydrogen-bond donors (Lipinski definition) is 2. The SMILES string of the molecule is CC(C)CNS(=O)(=O)c1ccc(CCC(=O)NC2CCCCCC2)cc1. The van der Waals surface area contributed by atoms with Crippen molar-refractivity contribution in [3.05, 3.63) is 29.8 Å². The minimum absolute atomic E-state index is 0.0900. The minimum atomic E-state index is -3.46. The van der Waals surface area contributed by atoms with Gasteiger partial charge in [0.15, 0.2) is 0 Å². The second-order valence-electron chi connectivity index (χ2n) is 7.65. The summed E-state index contributed by atoms with van der Waals surface area (Å²) in [6.07, 6.45) is 8.18. The van der Waals surface area contributed by atoms with Crippen molar-refractivity contribution in [2.24, 2.45) is 5.92 Å². The number of benzene rings is 1. The van der Waals surface area contributed by atoms with Gasteiger partial charge >= 0.3 is 0 Å². The first kappa shape index (κ1) is 20.9. The molecule has 5 nitrogen and oxygen atoms in total. The van der Waals surface area contributed by atoms with Gasteiger partial charge in [0.05, 0.1) is 4.90 Å². The second-order valence-corrected chi connectivity index (χ2v) is 9.41. The molecule has 2 N–H and O–H groups in total. The maximum Gasteiger partial charge on any atom is 0.240 e. The number of sulfonamides is 1. The van der Waals surface area contributed by atoms with Crippen LogP contribution in [0.15, 0.2) is 29.2 Å². The Morgan fingerprint density at radius 2 is 1.69 bits per heavy atom. The Bertz CT molecular complexity index is 661. The van der Waals surface area contributed by atoms with Gasteiger partial charge in [-0.1, -0.05) is 51.7 Å². The standard InChI is InChI=1S/C20H32N2O3S/c1-16(2)15-21-26(24,25)19-12-9-17(10-13-19)11-14-20(23)22-18-7-5-3-4-6-8-18/h9-10,12-13,16,18,21H,3-8,11,14-15H2,1-2H3,(H,22,23). The van der Waals surface area contributed by atoms with E-state index >= 15 is 0 Å². The molecule has 26 heavy (non-hydrogen) atoms. The molecular weight excluding hydrogens is 348 g/mol. The fourth-order valence-electron chi connectivity index (χ4n) is 3.18. The molecule has 1 fully saturated rings. The summed E-state index contributed by atoms with van der Waals surface area (Å²) in [7, 11) is -3.46. The summed E-state index contributed by atoms with van der Waals surface area (Å²) in [5.41, 5.74) is 0.976. The van der Waals surface area contributed by atoms with Crippen LogP contribution < -0.4 is 10.0 Å². The molecule has 1 aliphatic carbocycles. The number of amides is 1. The summed E-state index contributed by atoms with van der Waals surface area (Å²) < 4.78 is 27.0. The maximum absolute atomic E-state index is 12.2. The van der Waals surface area contributed by atoms with Crippen LogP contribution in [-0.2, 0) is 21.2 Å². The summed E-state index contributed by atoms with van der Waals surface area (Å²) in [6.45, 7) is 4.35. The molecule has 1 aromatic rings. The normalized spacial score (nSPS) is 16.4. The Labute approximate surface area is 158 Å². The number of aryl methyl sites for hydroxylation is 1. The zero-order valence-corrected chi connectivity index (χ0v) is 16.8. The molecule has 0 unspecified atom stereocenters. The highest BCUT2D eigenvalue weighted by atomic mass is 32.2. The molecule has 0 aliphatic heterocycles. The van der Waals surface area contributed by atoms with Crippen LogP contribution in [0.5, 0.6) is 0 Å². The van der Waals surface area contributed by atoms with E-state index in [2.05, 4.69) is 10.0 Å². The number of carbonyl (C=O) groups excluding carboxylic acids is 1. The molecule has 1 amide bonds. The van der Waals surface area contributed by atoms with E-state index in [1.54, 1.807) is 24.3 Å². The molecule has 0 heterocycles. The van der Waals surface area contributed by atoms with Gasteiger partial charge in [0.2, 0.25) is 15.9 Å². The minimum Gasteiger partial charge on any atom is -0.353 e. The Morgan fingerprint density at radius 1 is 1.08 bits per heavy atom. The van der Waals surface area contributed by atoms with Gasteiger partial charge in [-0.25, -0.2) is 13.1 Å². The average molecular weight is 381 g/mol. The monoisotopic (exact) mass is 380 g/mol. The van der Waals surface area contributed by atoms with Crippen molar-refractivity contribution >= 4 is 15.9 Å². The quantitative estimate of drug-likeness (QED) is 0.679. The van der Waals surface area contributed by atoms with Crippen molar-refractivity contribution in [1.29, 1.82) is 0 Å². The van der Waals surface area contributed by atoms with Crippen LogP contribution in [0, 0.1) is 5.92 Å². The average Bonchev–Trinajstić information content (AvgIpc) is 2.87. The summed E-state index contributed by atoms with van der Waals surface area (Å²) >= 11 is 0. The van der Waals surface area contributed by atoms with Gasteiger partial charge < -0.3 is 5.32 Å². The van der Waals surface area contributed by atoms with Crippen molar-refractivity contribution < 1.29 is 13.2 Å². The van der Waals surface area contributed by atoms with E-state index in [1.165, 1.54) is 25.7 Å². The summed E-state index contributed by atoms with van der Waals surface area (Å²) in [4.78, 5) is 12.4. The fraction of sp³-hybridized carbons (Fsp3) is 0.650. The Hall–Kier alpha value is -1.40. The highest BCUT2D eigenvalue weighted by Gasteiger charge is 2.16. The summed E-state index contributed by atoms with van der Waals surface area (Å²) in [5, 5.41) is 3.15. The topological polar surface area (TPSA) is 75.3 Å². The number of nitrogens with one attached hydrogen (secondary N) is 2. The van der Waals surface area contributed by atoms with E-state index in [-0.39, 0.29) is 16.7 Å². The maximum atomic E-state index is 12.2. The summed E-state index contributed by atoms with van der Waals surface area (Å²) in [5.74, 6) is 0.350. The lowest BCUT2D eigenvalue weighted by Crippen LogP contribution is -2.34. The van der Waals surface area contributed by atoms with Gasteiger partial charge in [-0.15, -0.1) is 0 Å². The Morgan fingerprint density at radius 3 is 2.27 bits per heavy atom. The third-order valence-corrected chi connectivity index (χ3v) is 6.22. The first-order valence-electron chi connectivity index (χ1n) is 9.75. The number of hydrogen-bond acceptors (Lipinski definition) is 3. The van der Waals surface area contributed by atoms with E-state index in [1.807, 2.05) is 13.8 Å². The van der Waals surface area contributed by atoms with Crippen molar-refractivity contribution in [3.8, 4) is 0 Å². The fourth-order valence-corrected chi connectivity index (χ4v) is 4.39. The zero-order chi connectivity index (χ0) is 19.0. The highest BCUT2D eigenvalue weighted by Crippen LogP contribution is 2.17. The van der Waals surface area contributed by atoms with E-state index in [4.69, 9.17) is 0 Å². The van der Waals surface area contributed by atoms with E-state index in [9.17, 15) is 13.2 Å². The van der Waals surface area contributed by atoms with Gasteiger partial charge in [0.1, 0.15) is 0 Å². The van der Waals surface area contributed by atoms with Gasteiger partial charge in [-0.2, -0.15) is 0 Å². The molecule has 6 heteroatoms. The van der Waals surface area contributed by atoms with Crippen LogP contribution >= 0.6 is 0 Å². The van der Waals surface area contributed by atoms with Crippen molar-refractivity contribution in [1.82, 2.24) is 10.0 Å². The molecule has 1 aliphatic rings. The largest absolute Gasteiger partial charge is 0.353 e. The molecule has 0 radical (unpaired) electrons. The van der Waals surface area contributed by atoms with Gasteiger partial charge in [-0.3, -0.25) is 4.79 Å². The molecule has 146 valence electrons. The molecule has 2 rings (SSSR count). The molecule has 0 bridgehead atoms. The highest BCUT2D eigenvalue weighted by molar-refractivity contribution is 7.89. The first-order chi connectivity index (χ1) is 12.4. The predicted molar refractivity (Wildman–Crippen MR) is 104 cm³/mol. The van der Waals surface area contributed by atoms with E-state index in [0.717, 1.165) is 18.4 Å². The van der Waals surface area contributed by atoms with Crippen LogP contribution in [-0.4, -0.2) is 26.9 Å². The van der Waals surface area contributed by atoms with Crippen LogP contribution in [0.1, 0.15) is 64.4 Å².